The predicted molar refractivity (Wildman–Crippen MR) is 76.9 cm³/mol. The maximum absolute atomic E-state index is 11.4. The van der Waals surface area contributed by atoms with Crippen molar-refractivity contribution >= 4 is 12.0 Å². The molecular formula is C16H20N2O. The first-order valence-electron chi connectivity index (χ1n) is 6.93. The van der Waals surface area contributed by atoms with Crippen LogP contribution in [0.2, 0.25) is 0 Å². The van der Waals surface area contributed by atoms with Crippen LogP contribution in [0.3, 0.4) is 0 Å². The van der Waals surface area contributed by atoms with Crippen LogP contribution in [0.15, 0.2) is 30.3 Å². The predicted octanol–water partition coefficient (Wildman–Crippen LogP) is 2.01. The average Bonchev–Trinajstić information content (AvgIpc) is 2.41. The molecular weight excluding hydrogens is 236 g/mol. The molecule has 1 unspecified atom stereocenters. The fourth-order valence-corrected chi connectivity index (χ4v) is 3.27. The summed E-state index contributed by atoms with van der Waals surface area (Å²) >= 11 is 0. The lowest BCUT2D eigenvalue weighted by atomic mass is 9.74. The van der Waals surface area contributed by atoms with Crippen molar-refractivity contribution in [2.24, 2.45) is 0 Å². The second-order valence-electron chi connectivity index (χ2n) is 5.50. The molecule has 2 saturated heterocycles. The monoisotopic (exact) mass is 256 g/mol. The summed E-state index contributed by atoms with van der Waals surface area (Å²) in [5.41, 5.74) is 2.64. The number of likely N-dealkylation sites (tertiary alicyclic amines) is 1. The summed E-state index contributed by atoms with van der Waals surface area (Å²) in [7, 11) is 0. The minimum absolute atomic E-state index is 0.193. The van der Waals surface area contributed by atoms with Crippen LogP contribution in [0.1, 0.15) is 30.9 Å². The van der Waals surface area contributed by atoms with Crippen LogP contribution in [-0.4, -0.2) is 36.0 Å². The van der Waals surface area contributed by atoms with E-state index in [1.165, 1.54) is 11.1 Å². The van der Waals surface area contributed by atoms with E-state index in [9.17, 15) is 4.79 Å². The highest BCUT2D eigenvalue weighted by atomic mass is 16.2. The third-order valence-corrected chi connectivity index (χ3v) is 4.26. The summed E-state index contributed by atoms with van der Waals surface area (Å²) in [6.45, 7) is 5.37. The van der Waals surface area contributed by atoms with Crippen molar-refractivity contribution < 1.29 is 4.79 Å². The Balaban J connectivity index is 1.73. The number of hydrogen-bond donors (Lipinski definition) is 1. The van der Waals surface area contributed by atoms with Crippen molar-refractivity contribution in [3.05, 3.63) is 41.5 Å². The molecule has 0 radical (unpaired) electrons. The Kier molecular flexibility index (Phi) is 3.15. The van der Waals surface area contributed by atoms with Gasteiger partial charge in [0.05, 0.1) is 0 Å². The number of amides is 1. The molecule has 0 aliphatic carbocycles. The molecule has 2 aliphatic rings. The lowest BCUT2D eigenvalue weighted by Crippen LogP contribution is -2.72. The zero-order valence-corrected chi connectivity index (χ0v) is 11.5. The zero-order valence-electron chi connectivity index (χ0n) is 11.5. The molecule has 1 aromatic carbocycles. The molecule has 1 amide bonds. The smallest absolute Gasteiger partial charge is 0.219 e. The second-order valence-corrected chi connectivity index (χ2v) is 5.50. The van der Waals surface area contributed by atoms with Crippen molar-refractivity contribution in [2.45, 2.75) is 31.8 Å². The maximum atomic E-state index is 11.4. The van der Waals surface area contributed by atoms with Gasteiger partial charge in [0.15, 0.2) is 0 Å². The molecule has 0 aromatic heterocycles. The number of piperazine rings is 1. The minimum atomic E-state index is 0.193. The Morgan fingerprint density at radius 3 is 2.42 bits per heavy atom. The van der Waals surface area contributed by atoms with Gasteiger partial charge in [0, 0.05) is 38.0 Å². The number of rotatable bonds is 2. The SMILES string of the molecule is C/C=C/c1ccc(C2[C@@H]3CN(C(C)=O)C[C@H]2N3)cc1. The lowest BCUT2D eigenvalue weighted by molar-refractivity contribution is -0.133. The van der Waals surface area contributed by atoms with Gasteiger partial charge >= 0.3 is 0 Å². The zero-order chi connectivity index (χ0) is 13.4. The van der Waals surface area contributed by atoms with Crippen LogP contribution in [0, 0.1) is 0 Å². The van der Waals surface area contributed by atoms with Gasteiger partial charge in [-0.05, 0) is 18.1 Å². The van der Waals surface area contributed by atoms with Crippen LogP contribution >= 0.6 is 0 Å². The number of nitrogens with zero attached hydrogens (tertiary/aromatic N) is 1. The van der Waals surface area contributed by atoms with Crippen molar-refractivity contribution in [3.63, 3.8) is 0 Å². The Labute approximate surface area is 114 Å². The molecule has 1 N–H and O–H groups in total. The van der Waals surface area contributed by atoms with E-state index in [0.717, 1.165) is 13.1 Å². The van der Waals surface area contributed by atoms with Gasteiger partial charge in [-0.25, -0.2) is 0 Å². The van der Waals surface area contributed by atoms with E-state index in [4.69, 9.17) is 0 Å². The maximum Gasteiger partial charge on any atom is 0.219 e. The van der Waals surface area contributed by atoms with Gasteiger partial charge in [-0.3, -0.25) is 4.79 Å². The third kappa shape index (κ3) is 2.19. The first-order chi connectivity index (χ1) is 9.19. The largest absolute Gasteiger partial charge is 0.340 e. The van der Waals surface area contributed by atoms with Gasteiger partial charge in [-0.2, -0.15) is 0 Å². The van der Waals surface area contributed by atoms with Crippen molar-refractivity contribution in [1.82, 2.24) is 10.2 Å². The molecule has 100 valence electrons. The summed E-state index contributed by atoms with van der Waals surface area (Å²) in [5.74, 6) is 0.758. The van der Waals surface area contributed by atoms with Crippen LogP contribution < -0.4 is 5.32 Å². The van der Waals surface area contributed by atoms with Gasteiger partial charge in [-0.15, -0.1) is 0 Å². The Bertz CT molecular complexity index is 494. The minimum Gasteiger partial charge on any atom is -0.340 e. The quantitative estimate of drug-likeness (QED) is 0.878. The van der Waals surface area contributed by atoms with Crippen LogP contribution in [-0.2, 0) is 4.79 Å². The number of benzene rings is 1. The fraction of sp³-hybridized carbons (Fsp3) is 0.438. The molecule has 0 saturated carbocycles. The number of allylic oxidation sites excluding steroid dienone is 1. The number of hydrogen-bond acceptors (Lipinski definition) is 2. The molecule has 3 atom stereocenters. The molecule has 2 bridgehead atoms. The molecule has 3 heteroatoms. The van der Waals surface area contributed by atoms with Crippen LogP contribution in [0.5, 0.6) is 0 Å². The normalized spacial score (nSPS) is 29.4. The highest BCUT2D eigenvalue weighted by molar-refractivity contribution is 5.73. The molecule has 0 spiro atoms. The molecule has 3 nitrogen and oxygen atoms in total. The number of carbonyl (C=O) groups is 1. The summed E-state index contributed by atoms with van der Waals surface area (Å²) < 4.78 is 0. The topological polar surface area (TPSA) is 32.3 Å². The van der Waals surface area contributed by atoms with Crippen LogP contribution in [0.25, 0.3) is 6.08 Å². The first-order valence-corrected chi connectivity index (χ1v) is 6.93. The summed E-state index contributed by atoms with van der Waals surface area (Å²) in [6.07, 6.45) is 4.17. The van der Waals surface area contributed by atoms with Gasteiger partial charge in [0.2, 0.25) is 5.91 Å². The molecule has 1 aromatic rings. The molecule has 3 rings (SSSR count). The summed E-state index contributed by atoms with van der Waals surface area (Å²) in [6, 6.07) is 9.65. The summed E-state index contributed by atoms with van der Waals surface area (Å²) in [5, 5.41) is 3.54. The molecule has 2 fully saturated rings. The van der Waals surface area contributed by atoms with Gasteiger partial charge in [0.25, 0.3) is 0 Å². The van der Waals surface area contributed by atoms with E-state index in [1.807, 2.05) is 11.8 Å². The molecule has 19 heavy (non-hydrogen) atoms. The number of piperidine rings is 1. The van der Waals surface area contributed by atoms with E-state index >= 15 is 0 Å². The second kappa shape index (κ2) is 4.82. The fourth-order valence-electron chi connectivity index (χ4n) is 3.27. The number of carbonyl (C=O) groups excluding carboxylic acids is 1. The van der Waals surface area contributed by atoms with Gasteiger partial charge < -0.3 is 10.2 Å². The average molecular weight is 256 g/mol. The first kappa shape index (κ1) is 12.4. The van der Waals surface area contributed by atoms with Gasteiger partial charge in [-0.1, -0.05) is 36.4 Å². The Morgan fingerprint density at radius 1 is 1.26 bits per heavy atom. The Hall–Kier alpha value is -1.61. The lowest BCUT2D eigenvalue weighted by Gasteiger charge is -2.54. The van der Waals surface area contributed by atoms with Crippen molar-refractivity contribution in [2.75, 3.05) is 13.1 Å². The highest BCUT2D eigenvalue weighted by Crippen LogP contribution is 2.36. The third-order valence-electron chi connectivity index (χ3n) is 4.26. The highest BCUT2D eigenvalue weighted by Gasteiger charge is 2.47. The van der Waals surface area contributed by atoms with Crippen molar-refractivity contribution in [1.29, 1.82) is 0 Å². The van der Waals surface area contributed by atoms with E-state index in [-0.39, 0.29) is 5.91 Å². The van der Waals surface area contributed by atoms with E-state index < -0.39 is 0 Å². The van der Waals surface area contributed by atoms with E-state index in [0.29, 0.717) is 18.0 Å². The number of fused-ring (bicyclic) bond motifs is 2. The standard InChI is InChI=1S/C16H20N2O/c1-3-4-12-5-7-13(8-6-12)16-14-9-18(11(2)19)10-15(16)17-14/h3-8,14-17H,9-10H2,1-2H3/b4-3+/t14-,15+,16?. The summed E-state index contributed by atoms with van der Waals surface area (Å²) in [4.78, 5) is 13.4. The van der Waals surface area contributed by atoms with Crippen LogP contribution in [0.4, 0.5) is 0 Å². The number of nitrogens with one attached hydrogen (secondary N) is 1. The molecule has 2 heterocycles. The Morgan fingerprint density at radius 2 is 1.89 bits per heavy atom. The van der Waals surface area contributed by atoms with E-state index in [1.54, 1.807) is 6.92 Å². The van der Waals surface area contributed by atoms with Gasteiger partial charge in [0.1, 0.15) is 0 Å². The van der Waals surface area contributed by atoms with Crippen molar-refractivity contribution in [3.8, 4) is 0 Å². The molecule has 2 aliphatic heterocycles. The van der Waals surface area contributed by atoms with E-state index in [2.05, 4.69) is 41.7 Å².